The number of halogens is 1. The first-order valence-electron chi connectivity index (χ1n) is 8.50. The van der Waals surface area contributed by atoms with Crippen LogP contribution >= 0.6 is 0 Å². The van der Waals surface area contributed by atoms with Crippen LogP contribution in [0.5, 0.6) is 5.75 Å². The second-order valence-electron chi connectivity index (χ2n) is 6.34. The van der Waals surface area contributed by atoms with Crippen molar-refractivity contribution in [3.8, 4) is 5.75 Å². The van der Waals surface area contributed by atoms with Gasteiger partial charge in [-0.25, -0.2) is 9.37 Å². The van der Waals surface area contributed by atoms with Crippen molar-refractivity contribution in [1.82, 2.24) is 14.9 Å². The number of amides is 1. The summed E-state index contributed by atoms with van der Waals surface area (Å²) in [7, 11) is 0. The maximum atomic E-state index is 13.9. The Morgan fingerprint density at radius 2 is 2.25 bits per heavy atom. The number of rotatable bonds is 2. The van der Waals surface area contributed by atoms with Gasteiger partial charge in [0.1, 0.15) is 11.5 Å². The molecule has 0 aliphatic carbocycles. The number of hydrogen-bond acceptors (Lipinski definition) is 3. The van der Waals surface area contributed by atoms with Gasteiger partial charge in [0.2, 0.25) is 0 Å². The number of nitrogens with zero attached hydrogens (tertiary/aromatic N) is 2. The van der Waals surface area contributed by atoms with E-state index in [4.69, 9.17) is 4.74 Å². The molecule has 2 aromatic rings. The minimum Gasteiger partial charge on any atom is -0.490 e. The molecule has 2 aliphatic heterocycles. The molecule has 1 atom stereocenters. The highest BCUT2D eigenvalue weighted by atomic mass is 19.1. The van der Waals surface area contributed by atoms with Gasteiger partial charge in [-0.15, -0.1) is 0 Å². The Kier molecular flexibility index (Phi) is 3.96. The number of nitrogens with one attached hydrogen (secondary N) is 1. The molecule has 1 aromatic carbocycles. The fourth-order valence-corrected chi connectivity index (χ4v) is 3.54. The summed E-state index contributed by atoms with van der Waals surface area (Å²) in [4.78, 5) is 17.2. The van der Waals surface area contributed by atoms with Crippen LogP contribution in [0.1, 0.15) is 53.6 Å². The average Bonchev–Trinajstić information content (AvgIpc) is 2.85. The molecule has 4 rings (SSSR count). The largest absolute Gasteiger partial charge is 0.490 e. The van der Waals surface area contributed by atoms with Crippen molar-refractivity contribution in [1.29, 1.82) is 0 Å². The lowest BCUT2D eigenvalue weighted by molar-refractivity contribution is 0.0914. The average molecular weight is 329 g/mol. The fraction of sp³-hybridized carbons (Fsp3) is 0.444. The Bertz CT molecular complexity index is 772. The van der Waals surface area contributed by atoms with Gasteiger partial charge in [-0.1, -0.05) is 18.6 Å². The Labute approximate surface area is 139 Å². The van der Waals surface area contributed by atoms with E-state index < -0.39 is 0 Å². The number of para-hydroxylation sites is 1. The van der Waals surface area contributed by atoms with Gasteiger partial charge < -0.3 is 14.6 Å². The molecular weight excluding hydrogens is 309 g/mol. The summed E-state index contributed by atoms with van der Waals surface area (Å²) in [6, 6.07) is 4.58. The molecule has 3 heterocycles. The van der Waals surface area contributed by atoms with E-state index in [1.54, 1.807) is 18.3 Å². The zero-order chi connectivity index (χ0) is 16.5. The number of benzene rings is 1. The van der Waals surface area contributed by atoms with Crippen LogP contribution in [0.25, 0.3) is 0 Å². The third-order valence-corrected chi connectivity index (χ3v) is 4.78. The first-order chi connectivity index (χ1) is 11.7. The topological polar surface area (TPSA) is 56.1 Å². The molecule has 1 amide bonds. The molecule has 6 heteroatoms. The summed E-state index contributed by atoms with van der Waals surface area (Å²) in [5.41, 5.74) is 1.29. The molecule has 0 bridgehead atoms. The second-order valence-corrected chi connectivity index (χ2v) is 6.34. The monoisotopic (exact) mass is 329 g/mol. The SMILES string of the molecule is O=C(N[C@@H]1CCOc2c(F)cccc21)c1cnc2n1CCCCC2. The molecule has 0 saturated heterocycles. The van der Waals surface area contributed by atoms with Crippen molar-refractivity contribution < 1.29 is 13.9 Å². The number of aryl methyl sites for hydroxylation is 1. The van der Waals surface area contributed by atoms with E-state index in [2.05, 4.69) is 10.3 Å². The number of carbonyl (C=O) groups excluding carboxylic acids is 1. The van der Waals surface area contributed by atoms with Gasteiger partial charge in [0.05, 0.1) is 18.8 Å². The van der Waals surface area contributed by atoms with Gasteiger partial charge in [0.15, 0.2) is 11.6 Å². The number of aromatic nitrogens is 2. The molecule has 0 fully saturated rings. The highest BCUT2D eigenvalue weighted by molar-refractivity contribution is 5.92. The third kappa shape index (κ3) is 2.66. The Morgan fingerprint density at radius 3 is 3.17 bits per heavy atom. The van der Waals surface area contributed by atoms with E-state index >= 15 is 0 Å². The summed E-state index contributed by atoms with van der Waals surface area (Å²) in [5.74, 6) is 0.694. The smallest absolute Gasteiger partial charge is 0.270 e. The van der Waals surface area contributed by atoms with E-state index in [1.165, 1.54) is 6.07 Å². The van der Waals surface area contributed by atoms with Crippen molar-refractivity contribution in [2.24, 2.45) is 0 Å². The van der Waals surface area contributed by atoms with Crippen LogP contribution in [0.4, 0.5) is 4.39 Å². The predicted octanol–water partition coefficient (Wildman–Crippen LogP) is 3.00. The Hall–Kier alpha value is -2.37. The number of imidazole rings is 1. The predicted molar refractivity (Wildman–Crippen MR) is 86.5 cm³/mol. The summed E-state index contributed by atoms with van der Waals surface area (Å²) in [6.07, 6.45) is 6.54. The molecule has 1 N–H and O–H groups in total. The van der Waals surface area contributed by atoms with Crippen molar-refractivity contribution in [3.05, 3.63) is 47.3 Å². The third-order valence-electron chi connectivity index (χ3n) is 4.78. The van der Waals surface area contributed by atoms with Crippen LogP contribution in [-0.4, -0.2) is 22.1 Å². The lowest BCUT2D eigenvalue weighted by atomic mass is 10.00. The van der Waals surface area contributed by atoms with Crippen molar-refractivity contribution in [2.45, 2.75) is 44.7 Å². The Balaban J connectivity index is 1.58. The second kappa shape index (κ2) is 6.26. The Morgan fingerprint density at radius 1 is 1.33 bits per heavy atom. The normalized spacial score (nSPS) is 19.6. The molecule has 5 nitrogen and oxygen atoms in total. The highest BCUT2D eigenvalue weighted by Crippen LogP contribution is 2.34. The summed E-state index contributed by atoms with van der Waals surface area (Å²) >= 11 is 0. The summed E-state index contributed by atoms with van der Waals surface area (Å²) < 4.78 is 21.3. The highest BCUT2D eigenvalue weighted by Gasteiger charge is 2.27. The molecule has 0 radical (unpaired) electrons. The zero-order valence-corrected chi connectivity index (χ0v) is 13.4. The van der Waals surface area contributed by atoms with E-state index in [-0.39, 0.29) is 23.5 Å². The van der Waals surface area contributed by atoms with E-state index in [0.29, 0.717) is 24.3 Å². The van der Waals surface area contributed by atoms with Crippen LogP contribution in [0, 0.1) is 5.82 Å². The van der Waals surface area contributed by atoms with Crippen molar-refractivity contribution >= 4 is 5.91 Å². The van der Waals surface area contributed by atoms with Crippen LogP contribution in [0.2, 0.25) is 0 Å². The maximum absolute atomic E-state index is 13.9. The van der Waals surface area contributed by atoms with Gasteiger partial charge in [-0.2, -0.15) is 0 Å². The maximum Gasteiger partial charge on any atom is 0.270 e. The molecule has 2 aliphatic rings. The van der Waals surface area contributed by atoms with Crippen LogP contribution < -0.4 is 10.1 Å². The number of fused-ring (bicyclic) bond motifs is 2. The van der Waals surface area contributed by atoms with Crippen LogP contribution in [0.15, 0.2) is 24.4 Å². The number of carbonyl (C=O) groups is 1. The molecule has 24 heavy (non-hydrogen) atoms. The molecule has 0 saturated carbocycles. The summed E-state index contributed by atoms with van der Waals surface area (Å²) in [6.45, 7) is 1.22. The molecule has 1 aromatic heterocycles. The van der Waals surface area contributed by atoms with Crippen molar-refractivity contribution in [3.63, 3.8) is 0 Å². The quantitative estimate of drug-likeness (QED) is 0.921. The number of ether oxygens (including phenoxy) is 1. The molecule has 126 valence electrons. The van der Waals surface area contributed by atoms with E-state index in [9.17, 15) is 9.18 Å². The first kappa shape index (κ1) is 15.2. The zero-order valence-electron chi connectivity index (χ0n) is 13.4. The minimum absolute atomic E-state index is 0.155. The molecular formula is C18H20FN3O2. The minimum atomic E-state index is -0.385. The summed E-state index contributed by atoms with van der Waals surface area (Å²) in [5, 5.41) is 3.03. The van der Waals surface area contributed by atoms with E-state index in [1.807, 2.05) is 4.57 Å². The number of hydrogen-bond donors (Lipinski definition) is 1. The van der Waals surface area contributed by atoms with Gasteiger partial charge in [0, 0.05) is 24.9 Å². The first-order valence-corrected chi connectivity index (χ1v) is 8.50. The van der Waals surface area contributed by atoms with E-state index in [0.717, 1.165) is 38.1 Å². The van der Waals surface area contributed by atoms with Gasteiger partial charge in [-0.05, 0) is 18.9 Å². The van der Waals surface area contributed by atoms with Crippen LogP contribution in [-0.2, 0) is 13.0 Å². The van der Waals surface area contributed by atoms with Crippen LogP contribution in [0.3, 0.4) is 0 Å². The lowest BCUT2D eigenvalue weighted by Gasteiger charge is -2.27. The van der Waals surface area contributed by atoms with Gasteiger partial charge >= 0.3 is 0 Å². The molecule has 0 spiro atoms. The van der Waals surface area contributed by atoms with Gasteiger partial charge in [-0.3, -0.25) is 4.79 Å². The lowest BCUT2D eigenvalue weighted by Crippen LogP contribution is -2.33. The standard InChI is InChI=1S/C18H20FN3O2/c19-13-6-4-5-12-14(8-10-24-17(12)13)21-18(23)15-11-20-16-7-2-1-3-9-22(15)16/h4-6,11,14H,1-3,7-10H2,(H,21,23)/t14-/m1/s1. The fourth-order valence-electron chi connectivity index (χ4n) is 3.54. The van der Waals surface area contributed by atoms with Crippen molar-refractivity contribution in [2.75, 3.05) is 6.61 Å². The van der Waals surface area contributed by atoms with Gasteiger partial charge in [0.25, 0.3) is 5.91 Å². The molecule has 0 unspecified atom stereocenters.